The van der Waals surface area contributed by atoms with Crippen LogP contribution in [0.25, 0.3) is 0 Å². The van der Waals surface area contributed by atoms with E-state index in [1.54, 1.807) is 91.0 Å². The van der Waals surface area contributed by atoms with Gasteiger partial charge in [0, 0.05) is 0 Å². The molecule has 0 saturated heterocycles. The molecule has 0 atom stereocenters. The Labute approximate surface area is 229 Å². The topological polar surface area (TPSA) is 83.6 Å². The van der Waals surface area contributed by atoms with Crippen molar-refractivity contribution in [2.45, 2.75) is 43.4 Å². The summed E-state index contributed by atoms with van der Waals surface area (Å²) >= 11 is 0. The molecule has 3 aromatic rings. The van der Waals surface area contributed by atoms with Gasteiger partial charge in [-0.2, -0.15) is 0 Å². The summed E-state index contributed by atoms with van der Waals surface area (Å²) in [5.41, 5.74) is -15.6. The van der Waals surface area contributed by atoms with E-state index in [1.807, 2.05) is 0 Å². The number of alkyl halides is 6. The van der Waals surface area contributed by atoms with E-state index in [1.165, 1.54) is 0 Å². The van der Waals surface area contributed by atoms with Gasteiger partial charge in [0.05, 0.1) is 0 Å². The maximum absolute atomic E-state index is 13.9. The van der Waals surface area contributed by atoms with Crippen molar-refractivity contribution in [1.29, 1.82) is 0 Å². The van der Waals surface area contributed by atoms with Gasteiger partial charge in [-0.15, -0.1) is 0 Å². The second-order valence-corrected chi connectivity index (χ2v) is 16.1. The second-order valence-electron chi connectivity index (χ2n) is 8.81. The summed E-state index contributed by atoms with van der Waals surface area (Å²) in [7, 11) is -18.2. The van der Waals surface area contributed by atoms with Crippen LogP contribution in [0.3, 0.4) is 0 Å². The average molecular weight is 629 g/mol. The Morgan fingerprint density at radius 1 is 0.600 bits per heavy atom. The van der Waals surface area contributed by atoms with Crippen LogP contribution >= 0.6 is 7.41 Å². The molecule has 3 aromatic carbocycles. The van der Waals surface area contributed by atoms with Gasteiger partial charge in [-0.3, -0.25) is 0 Å². The van der Waals surface area contributed by atoms with Gasteiger partial charge < -0.3 is 0 Å². The Morgan fingerprint density at radius 3 is 1.10 bits per heavy atom. The van der Waals surface area contributed by atoms with Crippen LogP contribution in [-0.2, 0) is 20.0 Å². The van der Waals surface area contributed by atoms with Crippen LogP contribution in [0.5, 0.6) is 0 Å². The zero-order chi connectivity index (χ0) is 30.0. The first-order valence-corrected chi connectivity index (χ1v) is 16.8. The number of hydrogen-bond acceptors (Lipinski definition) is 5. The molecule has 0 heterocycles. The summed E-state index contributed by atoms with van der Waals surface area (Å²) in [5.74, 6) is 0. The molecule has 0 aromatic heterocycles. The molecule has 0 aliphatic heterocycles. The molecule has 0 saturated carbocycles. The van der Waals surface area contributed by atoms with Crippen molar-refractivity contribution >= 4 is 43.4 Å². The quantitative estimate of drug-likeness (QED) is 0.200. The Balaban J connectivity index is 2.54. The summed E-state index contributed by atoms with van der Waals surface area (Å²) in [4.78, 5) is 0. The fourth-order valence-electron chi connectivity index (χ4n) is 4.64. The van der Waals surface area contributed by atoms with Crippen LogP contribution < -0.4 is 21.0 Å². The summed E-state index contributed by atoms with van der Waals surface area (Å²) in [5, 5.41) is 4.20. The molecule has 0 aliphatic carbocycles. The van der Waals surface area contributed by atoms with Crippen LogP contribution in [0.15, 0.2) is 91.0 Å². The molecule has 220 valence electrons. The molecule has 6 nitrogen and oxygen atoms in total. The predicted octanol–water partition coefficient (Wildman–Crippen LogP) is 4.73. The number of rotatable bonds is 10. The summed E-state index contributed by atoms with van der Waals surface area (Å²) < 4.78 is 133. The average Bonchev–Trinajstić information content (AvgIpc) is 2.91. The molecule has 3 rings (SSSR count). The van der Waals surface area contributed by atoms with Gasteiger partial charge in [-0.1, -0.05) is 0 Å². The van der Waals surface area contributed by atoms with Crippen LogP contribution in [0.2, 0.25) is 0 Å². The van der Waals surface area contributed by atoms with Gasteiger partial charge in [0.1, 0.15) is 0 Å². The van der Waals surface area contributed by atoms with E-state index < -0.39 is 60.7 Å². The van der Waals surface area contributed by atoms with Crippen LogP contribution in [0.4, 0.5) is 26.3 Å². The molecule has 0 spiro atoms. The SMILES string of the molecule is CCC(CC)(N[PH](c1ccccc1)(c1ccccc1)c1ccccc1)N(S(=O)(=O)C(F)(F)F)S(=O)(=O)C(F)(F)F. The second kappa shape index (κ2) is 11.4. The van der Waals surface area contributed by atoms with Gasteiger partial charge in [0.25, 0.3) is 0 Å². The molecule has 40 heavy (non-hydrogen) atoms. The van der Waals surface area contributed by atoms with Gasteiger partial charge in [-0.25, -0.2) is 0 Å². The zero-order valence-corrected chi connectivity index (χ0v) is 23.9. The van der Waals surface area contributed by atoms with Crippen LogP contribution in [0.1, 0.15) is 26.7 Å². The number of sulfonamides is 2. The van der Waals surface area contributed by atoms with E-state index in [2.05, 4.69) is 5.09 Å². The van der Waals surface area contributed by atoms with E-state index in [4.69, 9.17) is 0 Å². The molecule has 0 amide bonds. The number of benzene rings is 3. The van der Waals surface area contributed by atoms with E-state index in [0.717, 1.165) is 13.8 Å². The van der Waals surface area contributed by atoms with Gasteiger partial charge in [0.15, 0.2) is 0 Å². The molecule has 15 heteroatoms. The predicted molar refractivity (Wildman–Crippen MR) is 145 cm³/mol. The Hall–Kier alpha value is -2.51. The molecule has 0 aliphatic rings. The number of hydrogen-bond donors (Lipinski definition) is 1. The summed E-state index contributed by atoms with van der Waals surface area (Å²) in [6.45, 7) is 2.25. The van der Waals surface area contributed by atoms with E-state index in [9.17, 15) is 43.2 Å². The fourth-order valence-corrected chi connectivity index (χ4v) is 12.9. The minimum absolute atomic E-state index is 0.437. The molecular formula is C25H27F6N2O4PS2. The molecule has 0 fully saturated rings. The Bertz CT molecular complexity index is 1360. The van der Waals surface area contributed by atoms with Gasteiger partial charge in [0.2, 0.25) is 0 Å². The first kappa shape index (κ1) is 32.0. The third kappa shape index (κ3) is 5.52. The van der Waals surface area contributed by atoms with Crippen molar-refractivity contribution in [1.82, 2.24) is 8.80 Å². The number of halogens is 6. The summed E-state index contributed by atoms with van der Waals surface area (Å²) in [6, 6.07) is 24.3. The first-order valence-electron chi connectivity index (χ1n) is 11.9. The van der Waals surface area contributed by atoms with E-state index >= 15 is 0 Å². The fraction of sp³-hybridized carbons (Fsp3) is 0.280. The Kier molecular flexibility index (Phi) is 9.12. The van der Waals surface area contributed by atoms with Gasteiger partial charge >= 0.3 is 230 Å². The van der Waals surface area contributed by atoms with Crippen molar-refractivity contribution in [2.24, 2.45) is 0 Å². The Morgan fingerprint density at radius 2 is 0.875 bits per heavy atom. The molecule has 0 radical (unpaired) electrons. The summed E-state index contributed by atoms with van der Waals surface area (Å²) in [6.07, 6.45) is -1.54. The third-order valence-electron chi connectivity index (χ3n) is 6.58. The minimum atomic E-state index is -7.10. The monoisotopic (exact) mass is 628 g/mol. The third-order valence-corrected chi connectivity index (χ3v) is 14.9. The van der Waals surface area contributed by atoms with Gasteiger partial charge in [-0.05, 0) is 0 Å². The van der Waals surface area contributed by atoms with Crippen LogP contribution in [-0.4, -0.2) is 37.2 Å². The van der Waals surface area contributed by atoms with E-state index in [0.29, 0.717) is 15.9 Å². The normalized spacial score (nSPS) is 14.3. The van der Waals surface area contributed by atoms with Crippen molar-refractivity contribution in [3.05, 3.63) is 91.0 Å². The molecular weight excluding hydrogens is 601 g/mol. The first-order chi connectivity index (χ1) is 18.5. The number of nitrogens with zero attached hydrogens (tertiary/aromatic N) is 1. The molecule has 1 N–H and O–H groups in total. The van der Waals surface area contributed by atoms with Crippen molar-refractivity contribution in [3.8, 4) is 0 Å². The standard InChI is InChI=1S/C25H27F6N2O4PS2/c1-3-23(4-2,33(39(34,35)24(26,27)28)40(36,37)25(29,30)31)32-38(20-14-8-5-9-15-20,21-16-10-6-11-17-21)22-18-12-7-13-19-22/h5-19,32,38H,3-4H2,1-2H3. The van der Waals surface area contributed by atoms with Crippen LogP contribution in [0, 0.1) is 0 Å². The van der Waals surface area contributed by atoms with Crippen molar-refractivity contribution < 1.29 is 43.2 Å². The molecule has 0 bridgehead atoms. The maximum atomic E-state index is 13.9. The zero-order valence-electron chi connectivity index (χ0n) is 21.2. The van der Waals surface area contributed by atoms with Crippen molar-refractivity contribution in [3.63, 3.8) is 0 Å². The number of nitrogens with one attached hydrogen (secondary N) is 1. The molecule has 0 unspecified atom stereocenters. The van der Waals surface area contributed by atoms with Crippen molar-refractivity contribution in [2.75, 3.05) is 0 Å². The van der Waals surface area contributed by atoms with E-state index in [-0.39, 0.29) is 0 Å².